The van der Waals surface area contributed by atoms with Crippen molar-refractivity contribution in [3.8, 4) is 0 Å². The van der Waals surface area contributed by atoms with E-state index in [1.807, 2.05) is 0 Å². The van der Waals surface area contributed by atoms with Gasteiger partial charge in [0.1, 0.15) is 6.10 Å². The molecule has 1 amide bonds. The number of nitrogens with one attached hydrogen (secondary N) is 1. The lowest BCUT2D eigenvalue weighted by Crippen LogP contribution is -2.50. The Kier molecular flexibility index (Phi) is 4.36. The maximum Gasteiger partial charge on any atom is 0.207 e. The fourth-order valence-corrected chi connectivity index (χ4v) is 2.86. The van der Waals surface area contributed by atoms with Gasteiger partial charge in [0, 0.05) is 6.26 Å². The normalized spacial score (nSPS) is 25.3. The van der Waals surface area contributed by atoms with Crippen molar-refractivity contribution in [3.63, 3.8) is 0 Å². The maximum atomic E-state index is 11.5. The predicted octanol–water partition coefficient (Wildman–Crippen LogP) is 1.03. The van der Waals surface area contributed by atoms with Crippen molar-refractivity contribution in [1.29, 1.82) is 0 Å². The molecule has 0 bridgehead atoms. The van der Waals surface area contributed by atoms with Crippen LogP contribution in [0.4, 0.5) is 0 Å². The van der Waals surface area contributed by atoms with Gasteiger partial charge in [0.25, 0.3) is 0 Å². The lowest BCUT2D eigenvalue weighted by Gasteiger charge is -2.41. The number of hydrogen-bond acceptors (Lipinski definition) is 5. The van der Waals surface area contributed by atoms with Crippen LogP contribution >= 0.6 is 0 Å². The molecule has 1 aliphatic heterocycles. The highest BCUT2D eigenvalue weighted by Crippen LogP contribution is 2.33. The molecule has 0 spiro atoms. The van der Waals surface area contributed by atoms with E-state index in [-0.39, 0.29) is 10.9 Å². The Bertz CT molecular complexity index is 609. The Balaban J connectivity index is 2.29. The van der Waals surface area contributed by atoms with Crippen LogP contribution in [-0.2, 0) is 24.1 Å². The molecule has 0 radical (unpaired) electrons. The maximum absolute atomic E-state index is 11.5. The van der Waals surface area contributed by atoms with Crippen molar-refractivity contribution in [3.05, 3.63) is 29.8 Å². The molecule has 1 fully saturated rings. The predicted molar refractivity (Wildman–Crippen MR) is 76.4 cm³/mol. The van der Waals surface area contributed by atoms with E-state index in [4.69, 9.17) is 9.47 Å². The third-order valence-corrected chi connectivity index (χ3v) is 4.43. The summed E-state index contributed by atoms with van der Waals surface area (Å²) in [4.78, 5) is 10.9. The number of benzene rings is 1. The van der Waals surface area contributed by atoms with E-state index in [1.54, 1.807) is 26.0 Å². The second-order valence-corrected chi connectivity index (χ2v) is 7.50. The Morgan fingerprint density at radius 2 is 1.90 bits per heavy atom. The van der Waals surface area contributed by atoms with Gasteiger partial charge in [0.15, 0.2) is 15.6 Å². The average Bonchev–Trinajstić information content (AvgIpc) is 2.40. The van der Waals surface area contributed by atoms with Crippen molar-refractivity contribution in [2.24, 2.45) is 0 Å². The summed E-state index contributed by atoms with van der Waals surface area (Å²) >= 11 is 0. The molecule has 116 valence electrons. The van der Waals surface area contributed by atoms with Crippen LogP contribution in [0, 0.1) is 0 Å². The van der Waals surface area contributed by atoms with E-state index < -0.39 is 21.7 Å². The Hall–Kier alpha value is -1.44. The molecule has 1 aromatic carbocycles. The van der Waals surface area contributed by atoms with Crippen LogP contribution in [0.15, 0.2) is 29.2 Å². The Morgan fingerprint density at radius 3 is 2.43 bits per heavy atom. The second kappa shape index (κ2) is 5.75. The van der Waals surface area contributed by atoms with Gasteiger partial charge in [-0.1, -0.05) is 12.1 Å². The van der Waals surface area contributed by atoms with Crippen LogP contribution < -0.4 is 5.32 Å². The van der Waals surface area contributed by atoms with Crippen LogP contribution in [0.25, 0.3) is 0 Å². The minimum absolute atomic E-state index is 0.248. The van der Waals surface area contributed by atoms with E-state index in [1.165, 1.54) is 12.1 Å². The van der Waals surface area contributed by atoms with Crippen molar-refractivity contribution in [2.75, 3.05) is 12.9 Å². The number of hydrogen-bond donors (Lipinski definition) is 1. The van der Waals surface area contributed by atoms with Crippen molar-refractivity contribution in [1.82, 2.24) is 5.32 Å². The minimum atomic E-state index is -3.23. The van der Waals surface area contributed by atoms with Gasteiger partial charge >= 0.3 is 0 Å². The van der Waals surface area contributed by atoms with Crippen LogP contribution in [0.3, 0.4) is 0 Å². The zero-order chi connectivity index (χ0) is 15.7. The highest BCUT2D eigenvalue weighted by molar-refractivity contribution is 7.90. The lowest BCUT2D eigenvalue weighted by molar-refractivity contribution is -0.284. The standard InChI is InChI=1S/C14H19NO5S/c1-14(2)19-8-12(15-9-16)13(20-14)10-4-6-11(7-5-10)21(3,17)18/h4-7,9,12-13H,8H2,1-3H3,(H,15,16)/t12-,13-/m0/s1. The summed E-state index contributed by atoms with van der Waals surface area (Å²) < 4.78 is 34.3. The summed E-state index contributed by atoms with van der Waals surface area (Å²) in [6.45, 7) is 3.91. The summed E-state index contributed by atoms with van der Waals surface area (Å²) in [5.41, 5.74) is 0.790. The molecule has 2 atom stereocenters. The molecule has 6 nitrogen and oxygen atoms in total. The summed E-state index contributed by atoms with van der Waals surface area (Å²) in [6.07, 6.45) is 1.37. The van der Waals surface area contributed by atoms with E-state index in [2.05, 4.69) is 5.32 Å². The van der Waals surface area contributed by atoms with E-state index >= 15 is 0 Å². The van der Waals surface area contributed by atoms with E-state index in [0.29, 0.717) is 13.0 Å². The number of ether oxygens (including phenoxy) is 2. The van der Waals surface area contributed by atoms with E-state index in [9.17, 15) is 13.2 Å². The number of sulfone groups is 1. The highest BCUT2D eigenvalue weighted by Gasteiger charge is 2.37. The topological polar surface area (TPSA) is 81.7 Å². The van der Waals surface area contributed by atoms with Crippen LogP contribution in [0.1, 0.15) is 25.5 Å². The molecule has 1 aliphatic rings. The summed E-state index contributed by atoms with van der Waals surface area (Å²) in [7, 11) is -3.23. The first kappa shape index (κ1) is 15.9. The van der Waals surface area contributed by atoms with Crippen LogP contribution in [-0.4, -0.2) is 39.5 Å². The van der Waals surface area contributed by atoms with Gasteiger partial charge in [-0.15, -0.1) is 0 Å². The Morgan fingerprint density at radius 1 is 1.29 bits per heavy atom. The van der Waals surface area contributed by atoms with Gasteiger partial charge in [-0.05, 0) is 31.5 Å². The van der Waals surface area contributed by atoms with Gasteiger partial charge in [-0.25, -0.2) is 8.42 Å². The molecule has 0 aromatic heterocycles. The molecule has 0 saturated carbocycles. The van der Waals surface area contributed by atoms with Crippen molar-refractivity contribution >= 4 is 16.2 Å². The summed E-state index contributed by atoms with van der Waals surface area (Å²) in [6, 6.07) is 6.15. The molecule has 1 saturated heterocycles. The largest absolute Gasteiger partial charge is 0.351 e. The molecule has 0 aliphatic carbocycles. The van der Waals surface area contributed by atoms with Crippen LogP contribution in [0.5, 0.6) is 0 Å². The molecule has 1 aromatic rings. The first-order valence-electron chi connectivity index (χ1n) is 6.54. The van der Waals surface area contributed by atoms with Gasteiger partial charge in [-0.2, -0.15) is 0 Å². The van der Waals surface area contributed by atoms with Crippen LogP contribution in [0.2, 0.25) is 0 Å². The highest BCUT2D eigenvalue weighted by atomic mass is 32.2. The molecule has 7 heteroatoms. The number of carbonyl (C=O) groups excluding carboxylic acids is 1. The van der Waals surface area contributed by atoms with Gasteiger partial charge < -0.3 is 14.8 Å². The van der Waals surface area contributed by atoms with Gasteiger partial charge in [0.2, 0.25) is 6.41 Å². The first-order chi connectivity index (χ1) is 9.73. The quantitative estimate of drug-likeness (QED) is 0.840. The fraction of sp³-hybridized carbons (Fsp3) is 0.500. The zero-order valence-corrected chi connectivity index (χ0v) is 13.0. The third-order valence-electron chi connectivity index (χ3n) is 3.31. The SMILES string of the molecule is CC1(C)OC[C@H](NC=O)[C@H](c2ccc(S(C)(=O)=O)cc2)O1. The molecule has 2 rings (SSSR count). The molecule has 21 heavy (non-hydrogen) atoms. The van der Waals surface area contributed by atoms with Gasteiger partial charge in [-0.3, -0.25) is 4.79 Å². The Labute approximate surface area is 124 Å². The summed E-state index contributed by atoms with van der Waals surface area (Å²) in [5, 5.41) is 2.67. The second-order valence-electron chi connectivity index (χ2n) is 5.48. The third kappa shape index (κ3) is 3.81. The van der Waals surface area contributed by atoms with Crippen molar-refractivity contribution < 1.29 is 22.7 Å². The number of carbonyl (C=O) groups is 1. The lowest BCUT2D eigenvalue weighted by atomic mass is 10.0. The monoisotopic (exact) mass is 313 g/mol. The average molecular weight is 313 g/mol. The minimum Gasteiger partial charge on any atom is -0.351 e. The number of amides is 1. The molecular weight excluding hydrogens is 294 g/mol. The van der Waals surface area contributed by atoms with Gasteiger partial charge in [0.05, 0.1) is 17.5 Å². The first-order valence-corrected chi connectivity index (χ1v) is 8.43. The number of rotatable bonds is 4. The fourth-order valence-electron chi connectivity index (χ4n) is 2.23. The summed E-state index contributed by atoms with van der Waals surface area (Å²) in [5.74, 6) is -0.763. The van der Waals surface area contributed by atoms with E-state index in [0.717, 1.165) is 11.8 Å². The molecule has 1 N–H and O–H groups in total. The smallest absolute Gasteiger partial charge is 0.207 e. The molecular formula is C14H19NO5S. The molecule has 0 unspecified atom stereocenters. The van der Waals surface area contributed by atoms with Crippen molar-refractivity contribution in [2.45, 2.75) is 36.7 Å². The zero-order valence-electron chi connectivity index (χ0n) is 12.2. The molecule has 1 heterocycles.